The number of anilines is 1. The number of carbonyl (C=O) groups excluding carboxylic acids is 2. The topological polar surface area (TPSA) is 143 Å². The predicted molar refractivity (Wildman–Crippen MR) is 137 cm³/mol. The molecule has 11 nitrogen and oxygen atoms in total. The lowest BCUT2D eigenvalue weighted by Crippen LogP contribution is -2.58. The molecular formula is C25H38N8O3. The number of piperidine rings is 1. The number of aromatic nitrogens is 2. The lowest BCUT2D eigenvalue weighted by Gasteiger charge is -2.37. The van der Waals surface area contributed by atoms with Crippen molar-refractivity contribution in [1.29, 1.82) is 0 Å². The Bertz CT molecular complexity index is 1090. The van der Waals surface area contributed by atoms with Crippen LogP contribution in [0.25, 0.3) is 5.70 Å². The molecule has 0 radical (unpaired) electrons. The molecule has 1 aromatic heterocycles. The monoisotopic (exact) mass is 498 g/mol. The fourth-order valence-electron chi connectivity index (χ4n) is 5.83. The molecule has 0 aromatic carbocycles. The van der Waals surface area contributed by atoms with Crippen molar-refractivity contribution >= 4 is 23.5 Å². The Kier molecular flexibility index (Phi) is 6.65. The number of nitrogens with zero attached hydrogens (tertiary/aromatic N) is 5. The van der Waals surface area contributed by atoms with Crippen molar-refractivity contribution in [3.63, 3.8) is 0 Å². The molecule has 4 atom stereocenters. The second-order valence-electron chi connectivity index (χ2n) is 11.4. The van der Waals surface area contributed by atoms with Crippen molar-refractivity contribution in [2.45, 2.75) is 44.7 Å². The number of likely N-dealkylation sites (tertiary alicyclic amines) is 1. The van der Waals surface area contributed by atoms with Crippen LogP contribution < -0.4 is 22.5 Å². The van der Waals surface area contributed by atoms with Crippen LogP contribution in [-0.4, -0.2) is 93.6 Å². The van der Waals surface area contributed by atoms with E-state index in [2.05, 4.69) is 21.3 Å². The standard InChI is InChI=1S/C25H38N8O3/c1-25(2,27)22(34)31-9-11-32(12-10-31)23(35)28-20-7-8-33(24(36)29-20)17-5-3-16(4-6-17)13-30-14-18-19(15-30)21(18)26/h5,7-8,16,18-19,21H,3-4,6,9-15,26-27H2,1-2H3,(H,28,29,35,36)/t16?,18-,19+,21?. The van der Waals surface area contributed by atoms with Crippen LogP contribution in [0.15, 0.2) is 23.1 Å². The molecule has 4 aliphatic rings. The highest BCUT2D eigenvalue weighted by Crippen LogP contribution is 2.44. The molecule has 2 aliphatic carbocycles. The molecule has 5 rings (SSSR count). The summed E-state index contributed by atoms with van der Waals surface area (Å²) in [5.41, 5.74) is 11.6. The molecule has 196 valence electrons. The minimum absolute atomic E-state index is 0.131. The quantitative estimate of drug-likeness (QED) is 0.526. The van der Waals surface area contributed by atoms with Gasteiger partial charge in [-0.05, 0) is 56.9 Å². The Morgan fingerprint density at radius 1 is 1.14 bits per heavy atom. The summed E-state index contributed by atoms with van der Waals surface area (Å²) in [6, 6.07) is 1.75. The van der Waals surface area contributed by atoms with E-state index in [1.54, 1.807) is 40.5 Å². The molecule has 2 aliphatic heterocycles. The van der Waals surface area contributed by atoms with Crippen LogP contribution in [0.3, 0.4) is 0 Å². The summed E-state index contributed by atoms with van der Waals surface area (Å²) in [6.45, 7) is 8.35. The van der Waals surface area contributed by atoms with E-state index in [4.69, 9.17) is 11.5 Å². The van der Waals surface area contributed by atoms with Gasteiger partial charge in [0.15, 0.2) is 0 Å². The van der Waals surface area contributed by atoms with E-state index in [1.165, 1.54) is 0 Å². The third-order valence-electron chi connectivity index (χ3n) is 8.10. The maximum absolute atomic E-state index is 12.7. The molecule has 2 saturated heterocycles. The summed E-state index contributed by atoms with van der Waals surface area (Å²) in [6.07, 6.45) is 6.67. The number of urea groups is 1. The zero-order chi connectivity index (χ0) is 25.6. The lowest BCUT2D eigenvalue weighted by atomic mass is 9.92. The van der Waals surface area contributed by atoms with Crippen molar-refractivity contribution in [2.24, 2.45) is 29.2 Å². The molecule has 0 spiro atoms. The molecule has 11 heteroatoms. The van der Waals surface area contributed by atoms with Crippen LogP contribution in [-0.2, 0) is 4.79 Å². The molecule has 3 fully saturated rings. The minimum Gasteiger partial charge on any atom is -0.338 e. The molecule has 2 unspecified atom stereocenters. The first-order chi connectivity index (χ1) is 17.1. The van der Waals surface area contributed by atoms with Gasteiger partial charge in [-0.2, -0.15) is 4.98 Å². The predicted octanol–water partition coefficient (Wildman–Crippen LogP) is 0.187. The van der Waals surface area contributed by atoms with Crippen LogP contribution in [0.1, 0.15) is 33.1 Å². The van der Waals surface area contributed by atoms with Gasteiger partial charge in [-0.3, -0.25) is 14.7 Å². The fourth-order valence-corrected chi connectivity index (χ4v) is 5.83. The van der Waals surface area contributed by atoms with Crippen LogP contribution >= 0.6 is 0 Å². The summed E-state index contributed by atoms with van der Waals surface area (Å²) >= 11 is 0. The minimum atomic E-state index is -0.935. The van der Waals surface area contributed by atoms with Crippen molar-refractivity contribution in [2.75, 3.05) is 51.1 Å². The summed E-state index contributed by atoms with van der Waals surface area (Å²) in [5, 5.41) is 2.72. The van der Waals surface area contributed by atoms with Crippen LogP contribution in [0.2, 0.25) is 0 Å². The number of nitrogens with two attached hydrogens (primary N) is 2. The van der Waals surface area contributed by atoms with E-state index in [1.807, 2.05) is 0 Å². The zero-order valence-corrected chi connectivity index (χ0v) is 21.2. The Labute approximate surface area is 211 Å². The number of carbonyl (C=O) groups is 2. The Morgan fingerprint density at radius 3 is 2.39 bits per heavy atom. The lowest BCUT2D eigenvalue weighted by molar-refractivity contribution is -0.137. The van der Waals surface area contributed by atoms with Crippen LogP contribution in [0, 0.1) is 17.8 Å². The third-order valence-corrected chi connectivity index (χ3v) is 8.10. The second-order valence-corrected chi connectivity index (χ2v) is 11.4. The molecule has 1 aromatic rings. The van der Waals surface area contributed by atoms with E-state index in [0.29, 0.717) is 50.0 Å². The molecule has 3 heterocycles. The summed E-state index contributed by atoms with van der Waals surface area (Å²) in [4.78, 5) is 47.6. The Morgan fingerprint density at radius 2 is 1.81 bits per heavy atom. The number of amides is 3. The molecule has 5 N–H and O–H groups in total. The molecule has 3 amide bonds. The van der Waals surface area contributed by atoms with Crippen molar-refractivity contribution < 1.29 is 9.59 Å². The van der Waals surface area contributed by atoms with Gasteiger partial charge in [0.1, 0.15) is 5.82 Å². The average Bonchev–Trinajstić information content (AvgIpc) is 3.23. The van der Waals surface area contributed by atoms with Crippen LogP contribution in [0.4, 0.5) is 10.6 Å². The van der Waals surface area contributed by atoms with Crippen molar-refractivity contribution in [1.82, 2.24) is 24.3 Å². The van der Waals surface area contributed by atoms with E-state index in [-0.39, 0.29) is 17.8 Å². The smallest absolute Gasteiger partial charge is 0.338 e. The first-order valence-corrected chi connectivity index (χ1v) is 13.0. The number of hydrogen-bond acceptors (Lipinski definition) is 7. The number of hydrogen-bond donors (Lipinski definition) is 3. The highest BCUT2D eigenvalue weighted by molar-refractivity contribution is 5.89. The Balaban J connectivity index is 1.11. The third kappa shape index (κ3) is 5.18. The van der Waals surface area contributed by atoms with Gasteiger partial charge in [-0.1, -0.05) is 6.08 Å². The maximum atomic E-state index is 12.7. The summed E-state index contributed by atoms with van der Waals surface area (Å²) in [7, 11) is 0. The van der Waals surface area contributed by atoms with Crippen molar-refractivity contribution in [3.05, 3.63) is 28.8 Å². The summed E-state index contributed by atoms with van der Waals surface area (Å²) in [5.74, 6) is 2.12. The highest BCUT2D eigenvalue weighted by Gasteiger charge is 2.53. The molecule has 1 saturated carbocycles. The van der Waals surface area contributed by atoms with Gasteiger partial charge in [0.05, 0.1) is 5.54 Å². The normalized spacial score (nSPS) is 28.5. The number of rotatable bonds is 5. The largest absolute Gasteiger partial charge is 0.353 e. The Hall–Kier alpha value is -2.76. The van der Waals surface area contributed by atoms with Gasteiger partial charge >= 0.3 is 11.7 Å². The SMILES string of the molecule is CC(C)(N)C(=O)N1CCN(C(=O)Nc2ccn(C3=CCC(CN4C[C@@H]5C(N)[C@@H]5C4)CC3)c(=O)n2)CC1. The molecular weight excluding hydrogens is 460 g/mol. The van der Waals surface area contributed by atoms with E-state index >= 15 is 0 Å². The first-order valence-electron chi connectivity index (χ1n) is 13.0. The highest BCUT2D eigenvalue weighted by atomic mass is 16.2. The fraction of sp³-hybridized carbons (Fsp3) is 0.680. The van der Waals surface area contributed by atoms with Gasteiger partial charge in [0.2, 0.25) is 5.91 Å². The van der Waals surface area contributed by atoms with Gasteiger partial charge in [-0.25, -0.2) is 9.59 Å². The van der Waals surface area contributed by atoms with E-state index in [9.17, 15) is 14.4 Å². The van der Waals surface area contributed by atoms with Gasteiger partial charge < -0.3 is 26.2 Å². The van der Waals surface area contributed by atoms with Crippen LogP contribution in [0.5, 0.6) is 0 Å². The molecule has 0 bridgehead atoms. The number of allylic oxidation sites excluding steroid dienone is 2. The summed E-state index contributed by atoms with van der Waals surface area (Å²) < 4.78 is 1.58. The van der Waals surface area contributed by atoms with Gasteiger partial charge in [0, 0.05) is 63.7 Å². The maximum Gasteiger partial charge on any atom is 0.353 e. The number of piperazine rings is 1. The zero-order valence-electron chi connectivity index (χ0n) is 21.2. The van der Waals surface area contributed by atoms with Gasteiger partial charge in [0.25, 0.3) is 0 Å². The van der Waals surface area contributed by atoms with Crippen molar-refractivity contribution in [3.8, 4) is 0 Å². The van der Waals surface area contributed by atoms with E-state index < -0.39 is 11.2 Å². The number of fused-ring (bicyclic) bond motifs is 1. The van der Waals surface area contributed by atoms with Gasteiger partial charge in [-0.15, -0.1) is 0 Å². The van der Waals surface area contributed by atoms with E-state index in [0.717, 1.165) is 44.6 Å². The second kappa shape index (κ2) is 9.60. The average molecular weight is 499 g/mol. The first kappa shape index (κ1) is 24.9. The number of nitrogens with one attached hydrogen (secondary N) is 1. The molecule has 36 heavy (non-hydrogen) atoms.